The van der Waals surface area contributed by atoms with Crippen LogP contribution in [0.15, 0.2) is 6.20 Å². The Labute approximate surface area is 117 Å². The molecule has 0 spiro atoms. The van der Waals surface area contributed by atoms with Crippen molar-refractivity contribution in [1.29, 1.82) is 0 Å². The molecule has 1 amide bonds. The predicted molar refractivity (Wildman–Crippen MR) is 74.6 cm³/mol. The number of aromatic nitrogens is 2. The molecule has 19 heavy (non-hydrogen) atoms. The molecule has 0 N–H and O–H groups in total. The topological polar surface area (TPSA) is 49.3 Å². The second kappa shape index (κ2) is 4.63. The molecule has 1 saturated carbocycles. The average molecular weight is 281 g/mol. The van der Waals surface area contributed by atoms with Gasteiger partial charge in [0.15, 0.2) is 5.82 Å². The van der Waals surface area contributed by atoms with Crippen molar-refractivity contribution in [2.45, 2.75) is 44.7 Å². The molecule has 2 aliphatic rings. The van der Waals surface area contributed by atoms with Gasteiger partial charge in [0.25, 0.3) is 0 Å². The average Bonchev–Trinajstić information content (AvgIpc) is 2.34. The maximum absolute atomic E-state index is 12.5. The van der Waals surface area contributed by atoms with Crippen molar-refractivity contribution in [3.05, 3.63) is 11.5 Å². The molecule has 1 aliphatic heterocycles. The summed E-state index contributed by atoms with van der Waals surface area (Å²) in [6.45, 7) is 2.04. The fourth-order valence-corrected chi connectivity index (χ4v) is 2.97. The third kappa shape index (κ3) is 1.87. The normalized spacial score (nSPS) is 23.3. The highest BCUT2D eigenvalue weighted by molar-refractivity contribution is 6.28. The number of likely N-dealkylation sites (N-methyl/N-ethyl adjacent to an activating group) is 1. The lowest BCUT2D eigenvalue weighted by Gasteiger charge is -2.47. The molecule has 6 heteroatoms. The fourth-order valence-electron chi connectivity index (χ4n) is 2.84. The number of carbonyl (C=O) groups excluding carboxylic acids is 1. The largest absolute Gasteiger partial charge is 0.340 e. The van der Waals surface area contributed by atoms with Crippen LogP contribution in [0.2, 0.25) is 5.28 Å². The monoisotopic (exact) mass is 280 g/mol. The molecule has 0 saturated heterocycles. The highest BCUT2D eigenvalue weighted by atomic mass is 35.5. The van der Waals surface area contributed by atoms with Gasteiger partial charge in [-0.05, 0) is 37.3 Å². The minimum Gasteiger partial charge on any atom is -0.340 e. The quantitative estimate of drug-likeness (QED) is 0.780. The zero-order valence-electron chi connectivity index (χ0n) is 11.1. The molecule has 5 nitrogen and oxygen atoms in total. The standard InChI is InChI=1S/C13H17ClN4O/c1-3-9-12(19)17(2)10-7-15-13(14)16-11(10)18(9)8-5-4-6-8/h7-9H,3-6H2,1-2H3/t9-/m1/s1. The van der Waals surface area contributed by atoms with E-state index in [1.165, 1.54) is 6.42 Å². The lowest BCUT2D eigenvalue weighted by molar-refractivity contribution is -0.120. The molecule has 2 heterocycles. The SMILES string of the molecule is CC[C@@H]1C(=O)N(C)c2cnc(Cl)nc2N1C1CCC1. The second-order valence-corrected chi connectivity index (χ2v) is 5.50. The number of hydrogen-bond donors (Lipinski definition) is 0. The Morgan fingerprint density at radius 2 is 2.21 bits per heavy atom. The first kappa shape index (κ1) is 12.7. The summed E-state index contributed by atoms with van der Waals surface area (Å²) >= 11 is 5.93. The molecular formula is C13H17ClN4O. The van der Waals surface area contributed by atoms with Gasteiger partial charge < -0.3 is 9.80 Å². The van der Waals surface area contributed by atoms with Gasteiger partial charge in [-0.1, -0.05) is 6.92 Å². The zero-order valence-corrected chi connectivity index (χ0v) is 11.9. The molecule has 0 unspecified atom stereocenters. The van der Waals surface area contributed by atoms with E-state index >= 15 is 0 Å². The third-order valence-electron chi connectivity index (χ3n) is 4.13. The van der Waals surface area contributed by atoms with Crippen LogP contribution < -0.4 is 9.80 Å². The summed E-state index contributed by atoms with van der Waals surface area (Å²) in [5.74, 6) is 0.923. The van der Waals surface area contributed by atoms with Crippen LogP contribution in [-0.2, 0) is 4.79 Å². The molecule has 1 aliphatic carbocycles. The number of hydrogen-bond acceptors (Lipinski definition) is 4. The van der Waals surface area contributed by atoms with Gasteiger partial charge in [0.2, 0.25) is 11.2 Å². The fraction of sp³-hybridized carbons (Fsp3) is 0.615. The first-order valence-electron chi connectivity index (χ1n) is 6.72. The molecule has 1 atom stereocenters. The Balaban J connectivity index is 2.11. The van der Waals surface area contributed by atoms with E-state index in [1.54, 1.807) is 18.1 Å². The van der Waals surface area contributed by atoms with E-state index in [9.17, 15) is 4.79 Å². The van der Waals surface area contributed by atoms with Crippen LogP contribution in [0.3, 0.4) is 0 Å². The summed E-state index contributed by atoms with van der Waals surface area (Å²) in [6, 6.07) is 0.279. The van der Waals surface area contributed by atoms with E-state index in [2.05, 4.69) is 14.9 Å². The number of amides is 1. The van der Waals surface area contributed by atoms with E-state index in [0.717, 1.165) is 30.8 Å². The van der Waals surface area contributed by atoms with Crippen LogP contribution in [0.5, 0.6) is 0 Å². The minimum absolute atomic E-state index is 0.118. The number of rotatable bonds is 2. The van der Waals surface area contributed by atoms with Crippen LogP contribution in [0.25, 0.3) is 0 Å². The van der Waals surface area contributed by atoms with Crippen molar-refractivity contribution in [1.82, 2.24) is 9.97 Å². The first-order valence-corrected chi connectivity index (χ1v) is 7.09. The zero-order chi connectivity index (χ0) is 13.6. The van der Waals surface area contributed by atoms with Crippen LogP contribution >= 0.6 is 11.6 Å². The van der Waals surface area contributed by atoms with Gasteiger partial charge in [-0.15, -0.1) is 0 Å². The lowest BCUT2D eigenvalue weighted by atomic mass is 9.88. The molecule has 0 radical (unpaired) electrons. The van der Waals surface area contributed by atoms with Gasteiger partial charge in [0.1, 0.15) is 11.7 Å². The van der Waals surface area contributed by atoms with Crippen molar-refractivity contribution >= 4 is 29.0 Å². The molecule has 1 aromatic rings. The van der Waals surface area contributed by atoms with Crippen LogP contribution in [0, 0.1) is 0 Å². The van der Waals surface area contributed by atoms with Crippen molar-refractivity contribution in [2.24, 2.45) is 0 Å². The number of carbonyl (C=O) groups is 1. The van der Waals surface area contributed by atoms with Crippen LogP contribution in [0.1, 0.15) is 32.6 Å². The minimum atomic E-state index is -0.131. The Bertz CT molecular complexity index is 517. The van der Waals surface area contributed by atoms with Gasteiger partial charge in [-0.25, -0.2) is 4.98 Å². The maximum atomic E-state index is 12.5. The Morgan fingerprint density at radius 3 is 2.79 bits per heavy atom. The smallest absolute Gasteiger partial charge is 0.249 e. The number of halogens is 1. The van der Waals surface area contributed by atoms with Crippen LogP contribution in [-0.4, -0.2) is 35.0 Å². The van der Waals surface area contributed by atoms with Gasteiger partial charge in [0, 0.05) is 13.1 Å². The molecule has 102 valence electrons. The van der Waals surface area contributed by atoms with Gasteiger partial charge in [-0.3, -0.25) is 4.79 Å². The van der Waals surface area contributed by atoms with Gasteiger partial charge in [-0.2, -0.15) is 4.98 Å². The summed E-state index contributed by atoms with van der Waals surface area (Å²) in [5.41, 5.74) is 0.756. The first-order chi connectivity index (χ1) is 9.13. The Morgan fingerprint density at radius 1 is 1.47 bits per heavy atom. The van der Waals surface area contributed by atoms with Crippen molar-refractivity contribution in [3.63, 3.8) is 0 Å². The Kier molecular flexibility index (Phi) is 3.09. The maximum Gasteiger partial charge on any atom is 0.249 e. The highest BCUT2D eigenvalue weighted by Crippen LogP contribution is 2.40. The third-order valence-corrected chi connectivity index (χ3v) is 4.31. The summed E-state index contributed by atoms with van der Waals surface area (Å²) in [6.07, 6.45) is 5.87. The van der Waals surface area contributed by atoms with Crippen molar-refractivity contribution < 1.29 is 4.79 Å². The van der Waals surface area contributed by atoms with E-state index < -0.39 is 0 Å². The molecule has 0 aromatic carbocycles. The van der Waals surface area contributed by atoms with Crippen molar-refractivity contribution in [3.8, 4) is 0 Å². The molecule has 1 aromatic heterocycles. The van der Waals surface area contributed by atoms with Gasteiger partial charge in [0.05, 0.1) is 6.20 Å². The Hall–Kier alpha value is -1.36. The summed E-state index contributed by atoms with van der Waals surface area (Å²) in [4.78, 5) is 24.6. The summed E-state index contributed by atoms with van der Waals surface area (Å²) in [5, 5.41) is 0.237. The second-order valence-electron chi connectivity index (χ2n) is 5.16. The number of anilines is 2. The van der Waals surface area contributed by atoms with E-state index in [1.807, 2.05) is 6.92 Å². The highest BCUT2D eigenvalue weighted by Gasteiger charge is 2.41. The molecule has 0 bridgehead atoms. The van der Waals surface area contributed by atoms with Crippen LogP contribution in [0.4, 0.5) is 11.5 Å². The molecular weight excluding hydrogens is 264 g/mol. The summed E-state index contributed by atoms with van der Waals surface area (Å²) < 4.78 is 0. The van der Waals surface area contributed by atoms with E-state index in [-0.39, 0.29) is 17.2 Å². The van der Waals surface area contributed by atoms with Crippen molar-refractivity contribution in [2.75, 3.05) is 16.8 Å². The van der Waals surface area contributed by atoms with Gasteiger partial charge >= 0.3 is 0 Å². The lowest BCUT2D eigenvalue weighted by Crippen LogP contribution is -2.57. The van der Waals surface area contributed by atoms with E-state index in [0.29, 0.717) is 6.04 Å². The molecule has 3 rings (SSSR count). The molecule has 1 fully saturated rings. The number of nitrogens with zero attached hydrogens (tertiary/aromatic N) is 4. The van der Waals surface area contributed by atoms with E-state index in [4.69, 9.17) is 11.6 Å². The summed E-state index contributed by atoms with van der Waals surface area (Å²) in [7, 11) is 1.78. The number of fused-ring (bicyclic) bond motifs is 1. The predicted octanol–water partition coefficient (Wildman–Crippen LogP) is 2.24.